The van der Waals surface area contributed by atoms with E-state index in [1.54, 1.807) is 0 Å². The molecule has 3 fully saturated rings. The molecule has 6 nitrogen and oxygen atoms in total. The molecule has 1 aliphatic carbocycles. The average Bonchev–Trinajstić information content (AvgIpc) is 2.61. The molecular formula is C18H27F3N2O4. The second-order valence-electron chi connectivity index (χ2n) is 8.12. The van der Waals surface area contributed by atoms with Gasteiger partial charge in [0, 0.05) is 37.8 Å². The van der Waals surface area contributed by atoms with Crippen molar-refractivity contribution in [1.82, 2.24) is 10.2 Å². The van der Waals surface area contributed by atoms with Crippen LogP contribution in [0, 0.1) is 17.3 Å². The van der Waals surface area contributed by atoms with Gasteiger partial charge in [-0.1, -0.05) is 0 Å². The van der Waals surface area contributed by atoms with Crippen molar-refractivity contribution in [2.24, 2.45) is 17.3 Å². The van der Waals surface area contributed by atoms with E-state index in [1.807, 2.05) is 0 Å². The molecule has 3 aliphatic rings. The fraction of sp³-hybridized carbons (Fsp3) is 0.889. The number of carboxylic acid groups (broad SMARTS) is 1. The molecule has 1 unspecified atom stereocenters. The number of amides is 2. The maximum atomic E-state index is 13.6. The summed E-state index contributed by atoms with van der Waals surface area (Å²) >= 11 is 0. The third-order valence-electron chi connectivity index (χ3n) is 6.51. The Labute approximate surface area is 156 Å². The van der Waals surface area contributed by atoms with Crippen LogP contribution in [-0.2, 0) is 9.53 Å². The highest BCUT2D eigenvalue weighted by Gasteiger charge is 2.56. The Morgan fingerprint density at radius 3 is 2.26 bits per heavy atom. The van der Waals surface area contributed by atoms with Crippen LogP contribution in [0.4, 0.5) is 18.0 Å². The molecule has 2 heterocycles. The lowest BCUT2D eigenvalue weighted by atomic mass is 9.66. The number of piperidine rings is 1. The van der Waals surface area contributed by atoms with Gasteiger partial charge in [0.1, 0.15) is 0 Å². The van der Waals surface area contributed by atoms with E-state index in [0.717, 1.165) is 0 Å². The number of hydrogen-bond acceptors (Lipinski definition) is 3. The predicted molar refractivity (Wildman–Crippen MR) is 90.1 cm³/mol. The van der Waals surface area contributed by atoms with Gasteiger partial charge in [0.15, 0.2) is 0 Å². The van der Waals surface area contributed by atoms with Crippen molar-refractivity contribution in [2.45, 2.75) is 57.2 Å². The summed E-state index contributed by atoms with van der Waals surface area (Å²) in [6, 6.07) is -0.445. The zero-order valence-corrected chi connectivity index (χ0v) is 15.3. The third-order valence-corrected chi connectivity index (χ3v) is 6.51. The van der Waals surface area contributed by atoms with Crippen molar-refractivity contribution in [3.63, 3.8) is 0 Å². The molecule has 2 amide bonds. The normalized spacial score (nSPS) is 31.5. The third kappa shape index (κ3) is 4.50. The number of alkyl halides is 3. The minimum Gasteiger partial charge on any atom is -0.481 e. The summed E-state index contributed by atoms with van der Waals surface area (Å²) in [6.45, 7) is 0.766. The highest BCUT2D eigenvalue weighted by molar-refractivity contribution is 5.75. The molecule has 1 saturated carbocycles. The lowest BCUT2D eigenvalue weighted by Gasteiger charge is -2.50. The van der Waals surface area contributed by atoms with E-state index in [0.29, 0.717) is 51.7 Å². The van der Waals surface area contributed by atoms with Gasteiger partial charge in [-0.05, 0) is 44.9 Å². The van der Waals surface area contributed by atoms with E-state index in [1.165, 1.54) is 4.90 Å². The molecule has 0 radical (unpaired) electrons. The first-order valence-corrected chi connectivity index (χ1v) is 9.64. The van der Waals surface area contributed by atoms with Crippen molar-refractivity contribution in [3.8, 4) is 0 Å². The summed E-state index contributed by atoms with van der Waals surface area (Å²) in [5, 5.41) is 11.9. The van der Waals surface area contributed by atoms with Crippen molar-refractivity contribution in [3.05, 3.63) is 0 Å². The van der Waals surface area contributed by atoms with Crippen molar-refractivity contribution < 1.29 is 32.6 Å². The summed E-state index contributed by atoms with van der Waals surface area (Å²) in [4.78, 5) is 25.2. The quantitative estimate of drug-likeness (QED) is 0.757. The smallest absolute Gasteiger partial charge is 0.392 e. The van der Waals surface area contributed by atoms with Gasteiger partial charge in [-0.15, -0.1) is 0 Å². The van der Waals surface area contributed by atoms with Crippen LogP contribution in [-0.4, -0.2) is 60.5 Å². The van der Waals surface area contributed by atoms with Gasteiger partial charge in [0.2, 0.25) is 0 Å². The summed E-state index contributed by atoms with van der Waals surface area (Å²) in [7, 11) is 0. The van der Waals surface area contributed by atoms with Crippen molar-refractivity contribution in [1.29, 1.82) is 0 Å². The fourth-order valence-corrected chi connectivity index (χ4v) is 4.88. The van der Waals surface area contributed by atoms with Crippen LogP contribution in [0.1, 0.15) is 44.9 Å². The number of carbonyl (C=O) groups is 2. The lowest BCUT2D eigenvalue weighted by Crippen LogP contribution is -2.59. The lowest BCUT2D eigenvalue weighted by molar-refractivity contribution is -0.232. The van der Waals surface area contributed by atoms with Gasteiger partial charge < -0.3 is 20.1 Å². The number of urea groups is 1. The molecule has 2 aliphatic heterocycles. The number of halogens is 3. The largest absolute Gasteiger partial charge is 0.481 e. The monoisotopic (exact) mass is 392 g/mol. The van der Waals surface area contributed by atoms with Gasteiger partial charge in [0.25, 0.3) is 0 Å². The van der Waals surface area contributed by atoms with Gasteiger partial charge >= 0.3 is 18.2 Å². The van der Waals surface area contributed by atoms with E-state index in [9.17, 15) is 22.8 Å². The van der Waals surface area contributed by atoms with Crippen LogP contribution in [0.25, 0.3) is 0 Å². The Hall–Kier alpha value is -1.51. The molecule has 0 aromatic rings. The summed E-state index contributed by atoms with van der Waals surface area (Å²) in [5.74, 6) is -2.58. The van der Waals surface area contributed by atoms with Crippen molar-refractivity contribution in [2.75, 3.05) is 26.3 Å². The van der Waals surface area contributed by atoms with E-state index in [2.05, 4.69) is 5.32 Å². The zero-order chi connectivity index (χ0) is 19.7. The molecule has 1 atom stereocenters. The summed E-state index contributed by atoms with van der Waals surface area (Å²) in [5.41, 5.74) is -0.965. The highest BCUT2D eigenvalue weighted by Crippen LogP contribution is 2.50. The molecular weight excluding hydrogens is 365 g/mol. The van der Waals surface area contributed by atoms with Gasteiger partial charge in [-0.3, -0.25) is 4.79 Å². The first-order chi connectivity index (χ1) is 12.7. The Morgan fingerprint density at radius 2 is 1.70 bits per heavy atom. The fourth-order valence-electron chi connectivity index (χ4n) is 4.88. The predicted octanol–water partition coefficient (Wildman–Crippen LogP) is 3.02. The highest BCUT2D eigenvalue weighted by atomic mass is 19.4. The first kappa shape index (κ1) is 20.2. The number of carboxylic acids is 1. The van der Waals surface area contributed by atoms with Gasteiger partial charge in [-0.2, -0.15) is 13.2 Å². The molecule has 9 heteroatoms. The Kier molecular flexibility index (Phi) is 5.88. The van der Waals surface area contributed by atoms with Gasteiger partial charge in [-0.25, -0.2) is 4.79 Å². The minimum atomic E-state index is -4.27. The Morgan fingerprint density at radius 1 is 1.07 bits per heavy atom. The average molecular weight is 392 g/mol. The number of hydrogen-bond donors (Lipinski definition) is 2. The van der Waals surface area contributed by atoms with Gasteiger partial charge in [0.05, 0.1) is 11.8 Å². The Bertz CT molecular complexity index is 555. The summed E-state index contributed by atoms with van der Waals surface area (Å²) < 4.78 is 46.0. The minimum absolute atomic E-state index is 0.0807. The molecule has 27 heavy (non-hydrogen) atoms. The Balaban J connectivity index is 1.61. The molecule has 1 spiro atoms. The molecule has 2 N–H and O–H groups in total. The van der Waals surface area contributed by atoms with Crippen LogP contribution in [0.2, 0.25) is 0 Å². The molecule has 0 aromatic heterocycles. The number of carbonyl (C=O) groups excluding carboxylic acids is 1. The zero-order valence-electron chi connectivity index (χ0n) is 15.3. The number of nitrogens with one attached hydrogen (secondary N) is 1. The molecule has 0 aromatic carbocycles. The maximum absolute atomic E-state index is 13.6. The molecule has 2 saturated heterocycles. The van der Waals surface area contributed by atoms with E-state index in [-0.39, 0.29) is 37.5 Å². The van der Waals surface area contributed by atoms with E-state index in [4.69, 9.17) is 9.84 Å². The number of aliphatic carboxylic acids is 1. The summed E-state index contributed by atoms with van der Waals surface area (Å²) in [6.07, 6.45) is -1.54. The number of nitrogens with zero attached hydrogens (tertiary/aromatic N) is 1. The first-order valence-electron chi connectivity index (χ1n) is 9.64. The van der Waals surface area contributed by atoms with Crippen LogP contribution >= 0.6 is 0 Å². The van der Waals surface area contributed by atoms with Crippen LogP contribution < -0.4 is 5.32 Å². The number of ether oxygens (including phenoxy) is 1. The van der Waals surface area contributed by atoms with Crippen molar-refractivity contribution >= 4 is 12.0 Å². The SMILES string of the molecule is O=C(O)C1CCC(NC(=O)N2CCC(C(F)(F)F)C3(CCOCC3)C2)CC1. The molecule has 154 valence electrons. The molecule has 0 bridgehead atoms. The second-order valence-corrected chi connectivity index (χ2v) is 8.12. The van der Waals surface area contributed by atoms with Crippen LogP contribution in [0.3, 0.4) is 0 Å². The topological polar surface area (TPSA) is 78.9 Å². The van der Waals surface area contributed by atoms with Crippen LogP contribution in [0.15, 0.2) is 0 Å². The second kappa shape index (κ2) is 7.85. The number of rotatable bonds is 2. The van der Waals surface area contributed by atoms with Crippen LogP contribution in [0.5, 0.6) is 0 Å². The van der Waals surface area contributed by atoms with E-state index >= 15 is 0 Å². The number of likely N-dealkylation sites (tertiary alicyclic amines) is 1. The van der Waals surface area contributed by atoms with E-state index < -0.39 is 23.5 Å². The maximum Gasteiger partial charge on any atom is 0.392 e. The standard InChI is InChI=1S/C18H27F3N2O4/c19-18(20,21)14-5-8-23(11-17(14)6-9-27-10-7-17)16(26)22-13-3-1-12(2-4-13)15(24)25/h12-14H,1-11H2,(H,22,26)(H,24,25). The molecule has 3 rings (SSSR count).